The number of hydrogen-bond acceptors (Lipinski definition) is 2. The van der Waals surface area contributed by atoms with Crippen molar-refractivity contribution in [1.82, 2.24) is 4.98 Å². The molecule has 0 aliphatic carbocycles. The summed E-state index contributed by atoms with van der Waals surface area (Å²) >= 11 is 0. The summed E-state index contributed by atoms with van der Waals surface area (Å²) in [5.41, 5.74) is 4.06. The average Bonchev–Trinajstić information content (AvgIpc) is 2.77. The van der Waals surface area contributed by atoms with Crippen molar-refractivity contribution in [2.45, 2.75) is 6.92 Å². The Morgan fingerprint density at radius 1 is 0.944 bits per heavy atom. The molecule has 0 fully saturated rings. The van der Waals surface area contributed by atoms with Crippen LogP contribution in [0.4, 0.5) is 0 Å². The number of aryl methyl sites for hydroxylation is 1. The first kappa shape index (κ1) is 10.8. The molecule has 3 aromatic rings. The Balaban J connectivity index is 1.93. The fourth-order valence-corrected chi connectivity index (χ4v) is 1.92. The minimum absolute atomic E-state index is 0.703. The van der Waals surface area contributed by atoms with Crippen molar-refractivity contribution in [3.05, 3.63) is 65.5 Å². The Bertz CT molecular complexity index is 695. The van der Waals surface area contributed by atoms with Gasteiger partial charge in [0.1, 0.15) is 5.52 Å². The van der Waals surface area contributed by atoms with E-state index in [-0.39, 0.29) is 0 Å². The predicted molar refractivity (Wildman–Crippen MR) is 74.1 cm³/mol. The molecule has 0 aliphatic rings. The summed E-state index contributed by atoms with van der Waals surface area (Å²) in [6.45, 7) is 1.86. The van der Waals surface area contributed by atoms with Crippen LogP contribution in [0.1, 0.15) is 17.0 Å². The number of rotatable bonds is 2. The third kappa shape index (κ3) is 2.18. The molecule has 0 atom stereocenters. The lowest BCUT2D eigenvalue weighted by Gasteiger charge is -1.94. The quantitative estimate of drug-likeness (QED) is 0.619. The molecule has 1 heterocycles. The zero-order valence-electron chi connectivity index (χ0n) is 10.1. The smallest absolute Gasteiger partial charge is 0.192 e. The Morgan fingerprint density at radius 2 is 1.72 bits per heavy atom. The van der Waals surface area contributed by atoms with E-state index in [4.69, 9.17) is 4.42 Å². The van der Waals surface area contributed by atoms with Gasteiger partial charge >= 0.3 is 0 Å². The molecule has 0 aliphatic heterocycles. The molecule has 0 unspecified atom stereocenters. The lowest BCUT2D eigenvalue weighted by atomic mass is 10.1. The van der Waals surface area contributed by atoms with Crippen LogP contribution < -0.4 is 0 Å². The van der Waals surface area contributed by atoms with Crippen molar-refractivity contribution in [1.29, 1.82) is 0 Å². The monoisotopic (exact) mass is 235 g/mol. The zero-order valence-corrected chi connectivity index (χ0v) is 10.1. The summed E-state index contributed by atoms with van der Waals surface area (Å²) in [5.74, 6) is 0.703. The molecule has 0 bridgehead atoms. The summed E-state index contributed by atoms with van der Waals surface area (Å²) in [4.78, 5) is 4.33. The van der Waals surface area contributed by atoms with Crippen LogP contribution in [-0.2, 0) is 0 Å². The topological polar surface area (TPSA) is 26.0 Å². The molecule has 0 saturated heterocycles. The molecule has 2 aromatic carbocycles. The van der Waals surface area contributed by atoms with E-state index in [2.05, 4.69) is 29.3 Å². The first-order valence-electron chi connectivity index (χ1n) is 5.91. The number of aromatic nitrogens is 1. The minimum atomic E-state index is 0.703. The molecule has 2 nitrogen and oxygen atoms in total. The van der Waals surface area contributed by atoms with E-state index >= 15 is 0 Å². The molecule has 88 valence electrons. The largest absolute Gasteiger partial charge is 0.441 e. The maximum absolute atomic E-state index is 5.45. The lowest BCUT2D eigenvalue weighted by molar-refractivity contribution is 0.561. The Hall–Kier alpha value is -2.35. The van der Waals surface area contributed by atoms with Crippen LogP contribution in [0, 0.1) is 6.92 Å². The highest BCUT2D eigenvalue weighted by atomic mass is 16.3. The second-order valence-corrected chi connectivity index (χ2v) is 4.20. The average molecular weight is 235 g/mol. The molecule has 3 rings (SSSR count). The highest BCUT2D eigenvalue weighted by molar-refractivity contribution is 5.79. The van der Waals surface area contributed by atoms with E-state index in [9.17, 15) is 0 Å². The summed E-state index contributed by atoms with van der Waals surface area (Å²) in [7, 11) is 0. The van der Waals surface area contributed by atoms with Gasteiger partial charge in [0.25, 0.3) is 0 Å². The Morgan fingerprint density at radius 3 is 2.56 bits per heavy atom. The van der Waals surface area contributed by atoms with Gasteiger partial charge in [0.15, 0.2) is 11.5 Å². The summed E-state index contributed by atoms with van der Waals surface area (Å²) in [6.07, 6.45) is 4.17. The molecule has 0 saturated carbocycles. The second kappa shape index (κ2) is 4.49. The summed E-state index contributed by atoms with van der Waals surface area (Å²) in [6, 6.07) is 16.3. The number of nitrogens with zero attached hydrogens (tertiary/aromatic N) is 1. The van der Waals surface area contributed by atoms with Gasteiger partial charge < -0.3 is 4.42 Å². The summed E-state index contributed by atoms with van der Waals surface area (Å²) < 4.78 is 5.45. The Labute approximate surface area is 106 Å². The van der Waals surface area contributed by atoms with Gasteiger partial charge in [-0.2, -0.15) is 0 Å². The third-order valence-electron chi connectivity index (χ3n) is 2.79. The molecular formula is C16H13NO. The second-order valence-electron chi connectivity index (χ2n) is 4.20. The van der Waals surface area contributed by atoms with E-state index in [1.54, 1.807) is 0 Å². The van der Waals surface area contributed by atoms with Gasteiger partial charge in [-0.25, -0.2) is 4.98 Å². The van der Waals surface area contributed by atoms with Crippen LogP contribution in [0.5, 0.6) is 0 Å². The molecule has 1 aromatic heterocycles. The van der Waals surface area contributed by atoms with E-state index in [1.165, 1.54) is 5.56 Å². The number of benzene rings is 2. The van der Waals surface area contributed by atoms with Crippen LogP contribution in [-0.4, -0.2) is 4.98 Å². The van der Waals surface area contributed by atoms with Crippen molar-refractivity contribution in [2.24, 2.45) is 0 Å². The van der Waals surface area contributed by atoms with Gasteiger partial charge in [-0.15, -0.1) is 0 Å². The van der Waals surface area contributed by atoms with Crippen LogP contribution in [0.2, 0.25) is 0 Å². The third-order valence-corrected chi connectivity index (χ3v) is 2.79. The van der Waals surface area contributed by atoms with E-state index < -0.39 is 0 Å². The van der Waals surface area contributed by atoms with Gasteiger partial charge in [-0.3, -0.25) is 0 Å². The standard InChI is InChI=1S/C16H13NO/c1-12-17-15-11-14(9-10-16(15)18-12)8-7-13-5-3-2-4-6-13/h2-11H,1H3/b8-7+. The highest BCUT2D eigenvalue weighted by Crippen LogP contribution is 2.18. The summed E-state index contributed by atoms with van der Waals surface area (Å²) in [5, 5.41) is 0. The first-order valence-corrected chi connectivity index (χ1v) is 5.91. The van der Waals surface area contributed by atoms with Crippen molar-refractivity contribution >= 4 is 23.3 Å². The van der Waals surface area contributed by atoms with Crippen molar-refractivity contribution in [2.75, 3.05) is 0 Å². The molecule has 0 spiro atoms. The zero-order chi connectivity index (χ0) is 12.4. The first-order chi connectivity index (χ1) is 8.81. The van der Waals surface area contributed by atoms with Crippen LogP contribution in [0.15, 0.2) is 52.9 Å². The fraction of sp³-hybridized carbons (Fsp3) is 0.0625. The molecule has 0 N–H and O–H groups in total. The minimum Gasteiger partial charge on any atom is -0.441 e. The molecular weight excluding hydrogens is 222 g/mol. The number of oxazole rings is 1. The van der Waals surface area contributed by atoms with Gasteiger partial charge in [0.05, 0.1) is 0 Å². The number of hydrogen-bond donors (Lipinski definition) is 0. The van der Waals surface area contributed by atoms with Gasteiger partial charge in [-0.05, 0) is 23.3 Å². The van der Waals surface area contributed by atoms with Crippen molar-refractivity contribution < 1.29 is 4.42 Å². The van der Waals surface area contributed by atoms with Gasteiger partial charge in [0.2, 0.25) is 0 Å². The molecule has 2 heteroatoms. The Kier molecular flexibility index (Phi) is 2.69. The van der Waals surface area contributed by atoms with E-state index in [1.807, 2.05) is 43.3 Å². The fourth-order valence-electron chi connectivity index (χ4n) is 1.92. The van der Waals surface area contributed by atoms with Gasteiger partial charge in [-0.1, -0.05) is 48.6 Å². The molecule has 0 amide bonds. The molecule has 0 radical (unpaired) electrons. The maximum Gasteiger partial charge on any atom is 0.192 e. The molecule has 18 heavy (non-hydrogen) atoms. The SMILES string of the molecule is Cc1nc2cc(/C=C/c3ccccc3)ccc2o1. The van der Waals surface area contributed by atoms with Crippen LogP contribution >= 0.6 is 0 Å². The van der Waals surface area contributed by atoms with Gasteiger partial charge in [0, 0.05) is 6.92 Å². The van der Waals surface area contributed by atoms with Crippen molar-refractivity contribution in [3.8, 4) is 0 Å². The predicted octanol–water partition coefficient (Wildman–Crippen LogP) is 4.31. The number of fused-ring (bicyclic) bond motifs is 1. The van der Waals surface area contributed by atoms with Crippen LogP contribution in [0.3, 0.4) is 0 Å². The maximum atomic E-state index is 5.45. The highest BCUT2D eigenvalue weighted by Gasteiger charge is 2.01. The van der Waals surface area contributed by atoms with Crippen LogP contribution in [0.25, 0.3) is 23.3 Å². The van der Waals surface area contributed by atoms with E-state index in [0.717, 1.165) is 16.7 Å². The van der Waals surface area contributed by atoms with E-state index in [0.29, 0.717) is 5.89 Å². The van der Waals surface area contributed by atoms with Crippen molar-refractivity contribution in [3.63, 3.8) is 0 Å². The normalized spacial score (nSPS) is 11.4. The lowest BCUT2D eigenvalue weighted by Crippen LogP contribution is -1.74.